The summed E-state index contributed by atoms with van der Waals surface area (Å²) in [5.41, 5.74) is 0.170. The molecule has 1 aliphatic rings. The molecule has 0 radical (unpaired) electrons. The molecule has 1 aromatic rings. The topological polar surface area (TPSA) is 62.7 Å². The highest BCUT2D eigenvalue weighted by Gasteiger charge is 2.23. The molecule has 2 heterocycles. The van der Waals surface area contributed by atoms with E-state index in [9.17, 15) is 4.79 Å². The van der Waals surface area contributed by atoms with E-state index in [4.69, 9.17) is 21.4 Å². The largest absolute Gasteiger partial charge is 0.478 e. The van der Waals surface area contributed by atoms with Crippen LogP contribution in [0.1, 0.15) is 17.3 Å². The van der Waals surface area contributed by atoms with Gasteiger partial charge in [0.2, 0.25) is 0 Å². The second-order valence-corrected chi connectivity index (χ2v) is 4.32. The van der Waals surface area contributed by atoms with Crippen LogP contribution in [0.3, 0.4) is 0 Å². The number of ether oxygens (including phenoxy) is 1. The lowest BCUT2D eigenvalue weighted by Crippen LogP contribution is -2.42. The fourth-order valence-electron chi connectivity index (χ4n) is 1.84. The minimum absolute atomic E-state index is 0.0613. The van der Waals surface area contributed by atoms with Crippen LogP contribution in [-0.4, -0.2) is 41.9 Å². The molecule has 0 bridgehead atoms. The molecule has 1 N–H and O–H groups in total. The van der Waals surface area contributed by atoms with Crippen molar-refractivity contribution < 1.29 is 14.6 Å². The maximum Gasteiger partial charge on any atom is 0.339 e. The Morgan fingerprint density at radius 3 is 3.06 bits per heavy atom. The van der Waals surface area contributed by atoms with Gasteiger partial charge in [-0.05, 0) is 19.1 Å². The molecule has 1 saturated heterocycles. The van der Waals surface area contributed by atoms with Crippen LogP contribution in [0.5, 0.6) is 0 Å². The highest BCUT2D eigenvalue weighted by Crippen LogP contribution is 2.22. The lowest BCUT2D eigenvalue weighted by atomic mass is 10.2. The van der Waals surface area contributed by atoms with E-state index in [1.807, 2.05) is 11.8 Å². The summed E-state index contributed by atoms with van der Waals surface area (Å²) in [7, 11) is 0. The van der Waals surface area contributed by atoms with Crippen LogP contribution < -0.4 is 4.90 Å². The van der Waals surface area contributed by atoms with Gasteiger partial charge in [-0.15, -0.1) is 0 Å². The number of rotatable bonds is 2. The molecule has 1 atom stereocenters. The molecule has 92 valence electrons. The van der Waals surface area contributed by atoms with Gasteiger partial charge >= 0.3 is 5.97 Å². The Hall–Kier alpha value is -1.33. The van der Waals surface area contributed by atoms with Gasteiger partial charge in [0.25, 0.3) is 0 Å². The Bertz CT molecular complexity index is 439. The van der Waals surface area contributed by atoms with Crippen LogP contribution in [0.4, 0.5) is 5.82 Å². The van der Waals surface area contributed by atoms with Gasteiger partial charge in [0.15, 0.2) is 0 Å². The summed E-state index contributed by atoms with van der Waals surface area (Å²) in [5, 5.41) is 9.41. The molecule has 1 unspecified atom stereocenters. The van der Waals surface area contributed by atoms with E-state index in [1.165, 1.54) is 12.1 Å². The fraction of sp³-hybridized carbons (Fsp3) is 0.455. The van der Waals surface area contributed by atoms with E-state index >= 15 is 0 Å². The van der Waals surface area contributed by atoms with E-state index < -0.39 is 5.97 Å². The first-order chi connectivity index (χ1) is 8.08. The van der Waals surface area contributed by atoms with Crippen molar-refractivity contribution >= 4 is 23.4 Å². The van der Waals surface area contributed by atoms with Crippen molar-refractivity contribution in [3.63, 3.8) is 0 Å². The molecule has 0 spiro atoms. The minimum Gasteiger partial charge on any atom is -0.478 e. The molecule has 5 nitrogen and oxygen atoms in total. The summed E-state index contributed by atoms with van der Waals surface area (Å²) in [6.45, 7) is 3.75. The lowest BCUT2D eigenvalue weighted by molar-refractivity contribution is 0.0524. The lowest BCUT2D eigenvalue weighted by Gasteiger charge is -2.32. The summed E-state index contributed by atoms with van der Waals surface area (Å²) >= 11 is 5.82. The monoisotopic (exact) mass is 256 g/mol. The molecule has 0 saturated carbocycles. The van der Waals surface area contributed by atoms with Crippen molar-refractivity contribution in [3.05, 3.63) is 22.8 Å². The fourth-order valence-corrected chi connectivity index (χ4v) is 1.99. The molecule has 0 aliphatic carbocycles. The minimum atomic E-state index is -0.997. The second kappa shape index (κ2) is 4.89. The number of anilines is 1. The Balaban J connectivity index is 2.35. The molecule has 17 heavy (non-hydrogen) atoms. The number of hydrogen-bond donors (Lipinski definition) is 1. The summed E-state index contributed by atoms with van der Waals surface area (Å²) < 4.78 is 5.41. The van der Waals surface area contributed by atoms with Crippen molar-refractivity contribution in [2.24, 2.45) is 0 Å². The first-order valence-corrected chi connectivity index (χ1v) is 5.72. The van der Waals surface area contributed by atoms with Crippen LogP contribution in [0.25, 0.3) is 0 Å². The highest BCUT2D eigenvalue weighted by molar-refractivity contribution is 6.29. The Labute approximate surface area is 104 Å². The number of aromatic carboxylic acids is 1. The number of nitrogens with zero attached hydrogens (tertiary/aromatic N) is 2. The molecule has 6 heteroatoms. The zero-order valence-corrected chi connectivity index (χ0v) is 10.1. The van der Waals surface area contributed by atoms with Gasteiger partial charge in [-0.3, -0.25) is 0 Å². The molecular weight excluding hydrogens is 244 g/mol. The Morgan fingerprint density at radius 2 is 2.41 bits per heavy atom. The molecule has 1 aromatic heterocycles. The number of carboxylic acid groups (broad SMARTS) is 1. The van der Waals surface area contributed by atoms with Gasteiger partial charge in [-0.1, -0.05) is 11.6 Å². The van der Waals surface area contributed by atoms with Crippen molar-refractivity contribution in [3.8, 4) is 0 Å². The smallest absolute Gasteiger partial charge is 0.339 e. The highest BCUT2D eigenvalue weighted by atomic mass is 35.5. The van der Waals surface area contributed by atoms with Gasteiger partial charge in [0.05, 0.1) is 12.7 Å². The predicted molar refractivity (Wildman–Crippen MR) is 63.8 cm³/mol. The second-order valence-electron chi connectivity index (χ2n) is 3.94. The standard InChI is InChI=1S/C11H13ClN2O3/c1-7-6-14(4-5-17-7)10-8(11(15)16)2-3-9(12)13-10/h2-3,7H,4-6H2,1H3,(H,15,16). The van der Waals surface area contributed by atoms with Crippen LogP contribution in [0, 0.1) is 0 Å². The predicted octanol–water partition coefficient (Wildman–Crippen LogP) is 1.66. The Morgan fingerprint density at radius 1 is 1.65 bits per heavy atom. The van der Waals surface area contributed by atoms with E-state index in [1.54, 1.807) is 0 Å². The maximum absolute atomic E-state index is 11.1. The molecular formula is C11H13ClN2O3. The van der Waals surface area contributed by atoms with Gasteiger partial charge in [0, 0.05) is 13.1 Å². The average molecular weight is 257 g/mol. The molecule has 1 aliphatic heterocycles. The van der Waals surface area contributed by atoms with Crippen molar-refractivity contribution in [1.29, 1.82) is 0 Å². The normalized spacial score (nSPS) is 20.4. The number of pyridine rings is 1. The van der Waals surface area contributed by atoms with E-state index in [2.05, 4.69) is 4.98 Å². The number of carbonyl (C=O) groups is 1. The summed E-state index contributed by atoms with van der Waals surface area (Å²) in [6, 6.07) is 2.96. The third-order valence-electron chi connectivity index (χ3n) is 2.61. The summed E-state index contributed by atoms with van der Waals surface area (Å²) in [4.78, 5) is 17.1. The number of carboxylic acids is 1. The number of aromatic nitrogens is 1. The van der Waals surface area contributed by atoms with Gasteiger partial charge < -0.3 is 14.7 Å². The average Bonchev–Trinajstić information content (AvgIpc) is 2.28. The number of hydrogen-bond acceptors (Lipinski definition) is 4. The summed E-state index contributed by atoms with van der Waals surface area (Å²) in [6.07, 6.45) is 0.0613. The Kier molecular flexibility index (Phi) is 3.49. The van der Waals surface area contributed by atoms with Crippen molar-refractivity contribution in [1.82, 2.24) is 4.98 Å². The van der Waals surface area contributed by atoms with Crippen LogP contribution in [0.15, 0.2) is 12.1 Å². The third-order valence-corrected chi connectivity index (χ3v) is 2.82. The molecule has 1 fully saturated rings. The molecule has 0 aromatic carbocycles. The molecule has 0 amide bonds. The first kappa shape index (κ1) is 12.1. The zero-order valence-electron chi connectivity index (χ0n) is 9.39. The van der Waals surface area contributed by atoms with Gasteiger partial charge in [0.1, 0.15) is 16.5 Å². The van der Waals surface area contributed by atoms with Crippen LogP contribution in [0.2, 0.25) is 5.15 Å². The quantitative estimate of drug-likeness (QED) is 0.816. The number of morpholine rings is 1. The maximum atomic E-state index is 11.1. The van der Waals surface area contributed by atoms with Crippen molar-refractivity contribution in [2.75, 3.05) is 24.6 Å². The number of halogens is 1. The van der Waals surface area contributed by atoms with Gasteiger partial charge in [-0.25, -0.2) is 9.78 Å². The van der Waals surface area contributed by atoms with E-state index in [-0.39, 0.29) is 11.7 Å². The van der Waals surface area contributed by atoms with Crippen molar-refractivity contribution in [2.45, 2.75) is 13.0 Å². The summed E-state index contributed by atoms with van der Waals surface area (Å²) in [5.74, 6) is -0.580. The SMILES string of the molecule is CC1CN(c2nc(Cl)ccc2C(=O)O)CCO1. The van der Waals surface area contributed by atoms with Crippen LogP contribution >= 0.6 is 11.6 Å². The zero-order chi connectivity index (χ0) is 12.4. The van der Waals surface area contributed by atoms with E-state index in [0.717, 1.165) is 0 Å². The molecule has 2 rings (SSSR count). The van der Waals surface area contributed by atoms with Crippen LogP contribution in [-0.2, 0) is 4.74 Å². The van der Waals surface area contributed by atoms with E-state index in [0.29, 0.717) is 30.7 Å². The first-order valence-electron chi connectivity index (χ1n) is 5.34. The van der Waals surface area contributed by atoms with Gasteiger partial charge in [-0.2, -0.15) is 0 Å². The third kappa shape index (κ3) is 2.68.